The minimum atomic E-state index is -3.85. The minimum Gasteiger partial charge on any atom is -0.396 e. The summed E-state index contributed by atoms with van der Waals surface area (Å²) in [6, 6.07) is 0. The van der Waals surface area contributed by atoms with E-state index < -0.39 is 10.1 Å². The van der Waals surface area contributed by atoms with Gasteiger partial charge in [0.05, 0.1) is 19.0 Å². The number of aliphatic hydroxyl groups excluding tert-OH is 1. The summed E-state index contributed by atoms with van der Waals surface area (Å²) in [7, 11) is -3.85. The molecule has 6 heteroatoms. The second-order valence-electron chi connectivity index (χ2n) is 2.48. The normalized spacial score (nSPS) is 10.0. The highest BCUT2D eigenvalue weighted by Gasteiger charge is 2.00. The molecule has 0 heterocycles. The van der Waals surface area contributed by atoms with Crippen LogP contribution in [0.1, 0.15) is 6.42 Å². The molecule has 0 aliphatic carbocycles. The van der Waals surface area contributed by atoms with Crippen molar-refractivity contribution in [1.29, 1.82) is 0 Å². The predicted octanol–water partition coefficient (Wildman–Crippen LogP) is 0.632. The predicted molar refractivity (Wildman–Crippen MR) is 59.3 cm³/mol. The second-order valence-corrected chi connectivity index (χ2v) is 4.05. The van der Waals surface area contributed by atoms with Crippen LogP contribution >= 0.6 is 0 Å². The Kier molecular flexibility index (Phi) is 12.7. The topological polar surface area (TPSA) is 83.8 Å². The van der Waals surface area contributed by atoms with E-state index in [1.54, 1.807) is 12.2 Å². The van der Waals surface area contributed by atoms with Gasteiger partial charge in [-0.1, -0.05) is 12.2 Å². The van der Waals surface area contributed by atoms with E-state index in [1.165, 1.54) is 0 Å². The summed E-state index contributed by atoms with van der Waals surface area (Å²) in [4.78, 5) is 0. The smallest absolute Gasteiger partial charge is 0.264 e. The Morgan fingerprint density at radius 3 is 1.87 bits per heavy atom. The van der Waals surface area contributed by atoms with Crippen molar-refractivity contribution in [2.75, 3.05) is 25.6 Å². The van der Waals surface area contributed by atoms with Crippen LogP contribution in [-0.4, -0.2) is 43.7 Å². The molecule has 0 radical (unpaired) electrons. The van der Waals surface area contributed by atoms with Crippen molar-refractivity contribution >= 4 is 10.1 Å². The van der Waals surface area contributed by atoms with Gasteiger partial charge in [-0.2, -0.15) is 8.42 Å². The lowest BCUT2D eigenvalue weighted by Gasteiger charge is -1.89. The van der Waals surface area contributed by atoms with E-state index in [4.69, 9.17) is 14.4 Å². The third kappa shape index (κ3) is 24.7. The molecule has 0 fully saturated rings. The maximum Gasteiger partial charge on any atom is 0.264 e. The van der Waals surface area contributed by atoms with Crippen LogP contribution in [-0.2, 0) is 14.9 Å². The lowest BCUT2D eigenvalue weighted by Crippen LogP contribution is -2.04. The largest absolute Gasteiger partial charge is 0.396 e. The summed E-state index contributed by atoms with van der Waals surface area (Å²) in [5.41, 5.74) is 0. The third-order valence-corrected chi connectivity index (χ3v) is 1.84. The van der Waals surface area contributed by atoms with Gasteiger partial charge in [0.25, 0.3) is 10.1 Å². The van der Waals surface area contributed by atoms with Crippen LogP contribution in [0.2, 0.25) is 0 Å². The Morgan fingerprint density at radius 2 is 1.67 bits per heavy atom. The van der Waals surface area contributed by atoms with E-state index in [2.05, 4.69) is 13.2 Å². The highest BCUT2D eigenvalue weighted by molar-refractivity contribution is 7.85. The maximum atomic E-state index is 9.83. The van der Waals surface area contributed by atoms with Crippen LogP contribution in [0.25, 0.3) is 0 Å². The van der Waals surface area contributed by atoms with Gasteiger partial charge in [0, 0.05) is 6.61 Å². The molecule has 2 N–H and O–H groups in total. The lowest BCUT2D eigenvalue weighted by atomic mass is 10.5. The van der Waals surface area contributed by atoms with Crippen LogP contribution in [0.5, 0.6) is 0 Å². The summed E-state index contributed by atoms with van der Waals surface area (Å²) >= 11 is 0. The van der Waals surface area contributed by atoms with E-state index in [1.807, 2.05) is 0 Å². The van der Waals surface area contributed by atoms with E-state index in [0.717, 1.165) is 0 Å². The van der Waals surface area contributed by atoms with E-state index in [-0.39, 0.29) is 18.8 Å². The minimum absolute atomic E-state index is 0.0961. The molecular weight excluding hydrogens is 220 g/mol. The summed E-state index contributed by atoms with van der Waals surface area (Å²) in [5.74, 6) is -0.358. The molecule has 0 aromatic rings. The Morgan fingerprint density at radius 1 is 1.20 bits per heavy atom. The fraction of sp³-hybridized carbons (Fsp3) is 0.556. The monoisotopic (exact) mass is 238 g/mol. The Hall–Kier alpha value is -0.690. The zero-order chi connectivity index (χ0) is 12.2. The van der Waals surface area contributed by atoms with E-state index >= 15 is 0 Å². The first-order chi connectivity index (χ1) is 6.97. The van der Waals surface area contributed by atoms with Crippen LogP contribution in [0.4, 0.5) is 0 Å². The van der Waals surface area contributed by atoms with Crippen molar-refractivity contribution in [3.8, 4) is 0 Å². The first-order valence-corrected chi connectivity index (χ1v) is 5.94. The Balaban J connectivity index is 0. The van der Waals surface area contributed by atoms with Gasteiger partial charge in [0.1, 0.15) is 0 Å². The quantitative estimate of drug-likeness (QED) is 0.386. The second kappa shape index (κ2) is 11.4. The molecule has 0 saturated carbocycles. The van der Waals surface area contributed by atoms with Crippen LogP contribution in [0.3, 0.4) is 0 Å². The molecule has 0 aliphatic rings. The standard InChI is InChI=1S/C6H10O.C3H8O4S/c1-3-5-7-6-4-2;4-2-1-3-8(5,6)7/h3-4H,1-2,5-6H2;4H,1-3H2,(H,5,6,7). The molecule has 0 aromatic heterocycles. The van der Waals surface area contributed by atoms with Gasteiger partial charge in [-0.25, -0.2) is 0 Å². The maximum absolute atomic E-state index is 9.83. The first kappa shape index (κ1) is 16.7. The summed E-state index contributed by atoms with van der Waals surface area (Å²) in [6.45, 7) is 7.97. The first-order valence-electron chi connectivity index (χ1n) is 4.33. The Labute approximate surface area is 90.8 Å². The summed E-state index contributed by atoms with van der Waals surface area (Å²) in [5, 5.41) is 8.05. The molecule has 0 rings (SSSR count). The van der Waals surface area contributed by atoms with Crippen molar-refractivity contribution in [2.45, 2.75) is 6.42 Å². The van der Waals surface area contributed by atoms with Crippen LogP contribution < -0.4 is 0 Å². The van der Waals surface area contributed by atoms with Crippen LogP contribution in [0.15, 0.2) is 25.3 Å². The molecule has 5 nitrogen and oxygen atoms in total. The zero-order valence-corrected chi connectivity index (χ0v) is 9.45. The van der Waals surface area contributed by atoms with Gasteiger partial charge in [-0.05, 0) is 6.42 Å². The van der Waals surface area contributed by atoms with E-state index in [9.17, 15) is 8.42 Å². The number of hydrogen-bond donors (Lipinski definition) is 2. The molecular formula is C9H18O5S. The fourth-order valence-corrected chi connectivity index (χ4v) is 0.976. The molecule has 0 aromatic carbocycles. The highest BCUT2D eigenvalue weighted by Crippen LogP contribution is 1.84. The van der Waals surface area contributed by atoms with Gasteiger partial charge in [0.2, 0.25) is 0 Å². The van der Waals surface area contributed by atoms with Crippen LogP contribution in [0, 0.1) is 0 Å². The van der Waals surface area contributed by atoms with Gasteiger partial charge < -0.3 is 9.84 Å². The lowest BCUT2D eigenvalue weighted by molar-refractivity contribution is 0.194. The van der Waals surface area contributed by atoms with E-state index in [0.29, 0.717) is 13.2 Å². The molecule has 0 spiro atoms. The molecule has 0 atom stereocenters. The Bertz CT molecular complexity index is 237. The molecule has 0 bridgehead atoms. The van der Waals surface area contributed by atoms with Gasteiger partial charge in [-0.3, -0.25) is 4.55 Å². The fourth-order valence-electron chi connectivity index (χ4n) is 0.482. The SMILES string of the molecule is C=CCOCC=C.O=S(=O)(O)CCCO. The average molecular weight is 238 g/mol. The summed E-state index contributed by atoms with van der Waals surface area (Å²) in [6.07, 6.45) is 3.52. The van der Waals surface area contributed by atoms with Gasteiger partial charge >= 0.3 is 0 Å². The molecule has 0 amide bonds. The van der Waals surface area contributed by atoms with Crippen molar-refractivity contribution in [2.24, 2.45) is 0 Å². The number of aliphatic hydroxyl groups is 1. The highest BCUT2D eigenvalue weighted by atomic mass is 32.2. The van der Waals surface area contributed by atoms with Gasteiger partial charge in [-0.15, -0.1) is 13.2 Å². The third-order valence-electron chi connectivity index (χ3n) is 1.03. The van der Waals surface area contributed by atoms with Gasteiger partial charge in [0.15, 0.2) is 0 Å². The number of ether oxygens (including phenoxy) is 1. The molecule has 0 saturated heterocycles. The van der Waals surface area contributed by atoms with Crippen molar-refractivity contribution < 1.29 is 22.8 Å². The average Bonchev–Trinajstić information content (AvgIpc) is 2.16. The number of hydrogen-bond acceptors (Lipinski definition) is 4. The van der Waals surface area contributed by atoms with Crippen molar-refractivity contribution in [3.05, 3.63) is 25.3 Å². The zero-order valence-electron chi connectivity index (χ0n) is 8.63. The molecule has 15 heavy (non-hydrogen) atoms. The van der Waals surface area contributed by atoms with Crippen molar-refractivity contribution in [1.82, 2.24) is 0 Å². The summed E-state index contributed by atoms with van der Waals surface area (Å²) < 4.78 is 32.6. The van der Waals surface area contributed by atoms with Crippen molar-refractivity contribution in [3.63, 3.8) is 0 Å². The molecule has 90 valence electrons. The number of rotatable bonds is 7. The molecule has 0 unspecified atom stereocenters. The molecule has 0 aliphatic heterocycles.